The highest BCUT2D eigenvalue weighted by Gasteiger charge is 2.68. The second-order valence-electron chi connectivity index (χ2n) is 20.1. The van der Waals surface area contributed by atoms with Gasteiger partial charge >= 0.3 is 24.4 Å². The number of sulfonamides is 1. The monoisotopic (exact) mass is 1170 g/mol. The number of hydrogen-bond donors (Lipinski definition) is 2. The highest BCUT2D eigenvalue weighted by molar-refractivity contribution is 7.92. The zero-order valence-corrected chi connectivity index (χ0v) is 44.6. The van der Waals surface area contributed by atoms with E-state index in [9.17, 15) is 66.3 Å². The molecule has 1 unspecified atom stereocenters. The minimum Gasteiger partial charge on any atom is -0.444 e. The van der Waals surface area contributed by atoms with E-state index in [1.165, 1.54) is 34.6 Å². The van der Waals surface area contributed by atoms with Gasteiger partial charge in [0, 0.05) is 34.9 Å². The van der Waals surface area contributed by atoms with Crippen LogP contribution in [0.3, 0.4) is 0 Å². The van der Waals surface area contributed by atoms with Crippen LogP contribution in [0.25, 0.3) is 22.0 Å². The summed E-state index contributed by atoms with van der Waals surface area (Å²) in [5.41, 5.74) is -6.95. The summed E-state index contributed by atoms with van der Waals surface area (Å²) in [6.07, 6.45) is -11.0. The number of alkyl carbamates (subject to hydrolysis) is 1. The topological polar surface area (TPSA) is 214 Å². The molecule has 2 amide bonds. The van der Waals surface area contributed by atoms with Gasteiger partial charge in [0.15, 0.2) is 28.1 Å². The molecule has 0 bridgehead atoms. The second kappa shape index (κ2) is 20.5. The molecule has 78 heavy (non-hydrogen) atoms. The maximum absolute atomic E-state index is 15.6. The molecule has 1 fully saturated rings. The lowest BCUT2D eigenvalue weighted by atomic mass is 9.93. The summed E-state index contributed by atoms with van der Waals surface area (Å²) in [4.78, 5) is 44.3. The minimum absolute atomic E-state index is 0.186. The SMILES string of the molecule is C[C@@H](NC(=O)OC(C)(C)C)C(=O)OCN(c1nn(CC(F)(F)F)c2c(-c3ccc(C#CC(C)(C)S(C)(=O)=O)nc3[C@H](Cc3cc(F)cc(F)c3)NC(=O)Cn3nc(C(F)(F)F)c4c3C(F)(F)[C@@H]3CC43)ccc(Cl)c12)S(C)(=O)=O. The van der Waals surface area contributed by atoms with Crippen molar-refractivity contribution in [2.75, 3.05) is 23.5 Å². The first-order valence-electron chi connectivity index (χ1n) is 23.1. The first-order valence-corrected chi connectivity index (χ1v) is 27.2. The number of benzene rings is 2. The molecule has 0 radical (unpaired) electrons. The van der Waals surface area contributed by atoms with Crippen LogP contribution in [0.1, 0.15) is 93.8 Å². The third kappa shape index (κ3) is 12.8. The lowest BCUT2D eigenvalue weighted by Crippen LogP contribution is -2.44. The van der Waals surface area contributed by atoms with Gasteiger partial charge in [-0.15, -0.1) is 0 Å². The normalized spacial score (nSPS) is 17.1. The molecule has 2 aromatic carbocycles. The Hall–Kier alpha value is -6.67. The van der Waals surface area contributed by atoms with Gasteiger partial charge < -0.3 is 20.1 Å². The van der Waals surface area contributed by atoms with Gasteiger partial charge in [0.1, 0.15) is 52.5 Å². The number of nitrogens with zero attached hydrogens (tertiary/aromatic N) is 6. The maximum Gasteiger partial charge on any atom is 0.435 e. The Morgan fingerprint density at radius 2 is 1.54 bits per heavy atom. The lowest BCUT2D eigenvalue weighted by Gasteiger charge is -2.24. The standard InChI is InChI=1S/C48H47ClF10N8O9S2/c1-23(60-43(70)76-44(2,3)4)42(69)75-22-67(78(8,73)74)41-36-32(49)12-11-29(38(36)66(64-41)21-46(52,53)54)28-10-9-27(13-14-45(5,6)77(7,71)72)61-37(28)33(17-24-15-25(50)18-26(51)16-24)62-34(68)20-65-40-35(39(63-65)48(57,58)59)30-19-31(30)47(40,55)56/h9-12,15-16,18,23,30-31,33H,17,19-22H2,1-8H3,(H,60,70)(H,62,68)/t23-,30?,31-,33+/m1/s1. The Bertz CT molecular complexity index is 3530. The van der Waals surface area contributed by atoms with E-state index in [2.05, 4.69) is 37.7 Å². The summed E-state index contributed by atoms with van der Waals surface area (Å²) in [7, 11) is -8.65. The fourth-order valence-electron chi connectivity index (χ4n) is 8.54. The number of anilines is 1. The fourth-order valence-corrected chi connectivity index (χ4v) is 9.70. The fraction of sp³-hybridized carbons (Fsp3) is 0.458. The van der Waals surface area contributed by atoms with Crippen molar-refractivity contribution in [3.63, 3.8) is 0 Å². The van der Waals surface area contributed by atoms with E-state index in [0.29, 0.717) is 12.3 Å². The predicted molar refractivity (Wildman–Crippen MR) is 260 cm³/mol. The van der Waals surface area contributed by atoms with Gasteiger partial charge in [-0.25, -0.2) is 44.5 Å². The van der Waals surface area contributed by atoms with Crippen molar-refractivity contribution < 1.29 is 84.6 Å². The largest absolute Gasteiger partial charge is 0.444 e. The summed E-state index contributed by atoms with van der Waals surface area (Å²) in [5, 5.41) is 11.0. The summed E-state index contributed by atoms with van der Waals surface area (Å²) < 4.78 is 209. The van der Waals surface area contributed by atoms with Gasteiger partial charge in [-0.05, 0) is 102 Å². The molecule has 4 atom stereocenters. The van der Waals surface area contributed by atoms with E-state index < -0.39 is 173 Å². The summed E-state index contributed by atoms with van der Waals surface area (Å²) in [6.45, 7) is 3.62. The Kier molecular flexibility index (Phi) is 15.5. The van der Waals surface area contributed by atoms with Crippen LogP contribution in [-0.4, -0.2) is 101 Å². The number of sulfone groups is 1. The van der Waals surface area contributed by atoms with Crippen LogP contribution >= 0.6 is 11.6 Å². The number of amides is 2. The van der Waals surface area contributed by atoms with Gasteiger partial charge in [-0.1, -0.05) is 23.6 Å². The Morgan fingerprint density at radius 3 is 2.12 bits per heavy atom. The smallest absolute Gasteiger partial charge is 0.435 e. The molecule has 0 spiro atoms. The molecule has 2 N–H and O–H groups in total. The number of esters is 1. The number of rotatable bonds is 15. The van der Waals surface area contributed by atoms with Crippen LogP contribution in [0, 0.1) is 29.4 Å². The number of halogens is 11. The average Bonchev–Trinajstić information content (AvgIpc) is 3.87. The Labute approximate surface area is 443 Å². The summed E-state index contributed by atoms with van der Waals surface area (Å²) in [6, 6.07) is 3.25. The molecule has 1 saturated carbocycles. The number of nitrogens with one attached hydrogen (secondary N) is 2. The van der Waals surface area contributed by atoms with Crippen molar-refractivity contribution in [2.24, 2.45) is 5.92 Å². The molecule has 2 aliphatic rings. The first-order chi connectivity index (χ1) is 35.7. The van der Waals surface area contributed by atoms with Crippen molar-refractivity contribution in [3.05, 3.63) is 93.0 Å². The number of alkyl halides is 8. The number of fused-ring (bicyclic) bond motifs is 4. The molecule has 0 aliphatic heterocycles. The molecule has 3 aromatic heterocycles. The van der Waals surface area contributed by atoms with E-state index in [-0.39, 0.29) is 42.5 Å². The third-order valence-electron chi connectivity index (χ3n) is 12.4. The van der Waals surface area contributed by atoms with Gasteiger partial charge in [0.25, 0.3) is 5.92 Å². The van der Waals surface area contributed by atoms with Crippen molar-refractivity contribution >= 4 is 66.2 Å². The van der Waals surface area contributed by atoms with Crippen LogP contribution in [0.4, 0.5) is 54.5 Å². The van der Waals surface area contributed by atoms with E-state index >= 15 is 8.78 Å². The Morgan fingerprint density at radius 1 is 0.910 bits per heavy atom. The van der Waals surface area contributed by atoms with Crippen LogP contribution in [0.2, 0.25) is 5.02 Å². The molecular formula is C48H47ClF10N8O9S2. The van der Waals surface area contributed by atoms with E-state index in [4.69, 9.17) is 21.1 Å². The number of aromatic nitrogens is 5. The van der Waals surface area contributed by atoms with Gasteiger partial charge in [0.2, 0.25) is 15.9 Å². The quantitative estimate of drug-likeness (QED) is 0.0437. The van der Waals surface area contributed by atoms with E-state index in [1.54, 1.807) is 0 Å². The molecular weight excluding hydrogens is 1120 g/mol. The zero-order valence-electron chi connectivity index (χ0n) is 42.2. The first kappa shape index (κ1) is 59.0. The van der Waals surface area contributed by atoms with E-state index in [0.717, 1.165) is 49.6 Å². The highest BCUT2D eigenvalue weighted by atomic mass is 35.5. The van der Waals surface area contributed by atoms with Crippen molar-refractivity contribution in [1.29, 1.82) is 0 Å². The third-order valence-corrected chi connectivity index (χ3v) is 15.7. The van der Waals surface area contributed by atoms with Gasteiger partial charge in [-0.3, -0.25) is 14.2 Å². The number of carbonyl (C=O) groups excluding carboxylic acids is 3. The van der Waals surface area contributed by atoms with Crippen LogP contribution < -0.4 is 14.9 Å². The second-order valence-corrected chi connectivity index (χ2v) is 25.0. The minimum atomic E-state index is -5.24. The molecule has 17 nitrogen and oxygen atoms in total. The molecule has 3 heterocycles. The van der Waals surface area contributed by atoms with Crippen molar-refractivity contribution in [2.45, 2.75) is 114 Å². The van der Waals surface area contributed by atoms with E-state index in [1.807, 2.05) is 0 Å². The van der Waals surface area contributed by atoms with Crippen LogP contribution in [0.5, 0.6) is 0 Å². The molecule has 7 rings (SSSR count). The Balaban J connectivity index is 1.43. The maximum atomic E-state index is 15.6. The number of carbonyl (C=O) groups is 3. The zero-order chi connectivity index (χ0) is 58.2. The van der Waals surface area contributed by atoms with Crippen molar-refractivity contribution in [1.82, 2.24) is 35.2 Å². The van der Waals surface area contributed by atoms with Crippen molar-refractivity contribution in [3.8, 4) is 23.0 Å². The van der Waals surface area contributed by atoms with Crippen LogP contribution in [0.15, 0.2) is 42.5 Å². The number of hydrogen-bond acceptors (Lipinski definition) is 12. The molecule has 0 saturated heterocycles. The van der Waals surface area contributed by atoms with Gasteiger partial charge in [0.05, 0.1) is 33.9 Å². The van der Waals surface area contributed by atoms with Gasteiger partial charge in [-0.2, -0.15) is 45.3 Å². The van der Waals surface area contributed by atoms with Crippen LogP contribution in [-0.2, 0) is 70.5 Å². The number of ether oxygens (including phenoxy) is 2. The molecule has 422 valence electrons. The predicted octanol–water partition coefficient (Wildman–Crippen LogP) is 8.47. The summed E-state index contributed by atoms with van der Waals surface area (Å²) in [5.74, 6) is -7.24. The average molecular weight is 1170 g/mol. The highest BCUT2D eigenvalue weighted by Crippen LogP contribution is 2.68. The molecule has 2 aliphatic carbocycles. The lowest BCUT2D eigenvalue weighted by molar-refractivity contribution is -0.145. The summed E-state index contributed by atoms with van der Waals surface area (Å²) >= 11 is 6.69. The molecule has 5 aromatic rings. The molecule has 30 heteroatoms. The number of pyridine rings is 1.